The molecule has 1 fully saturated rings. The van der Waals surface area contributed by atoms with E-state index in [0.29, 0.717) is 5.56 Å². The normalized spacial score (nSPS) is 20.9. The number of hydrogen-bond donors (Lipinski definition) is 4. The Morgan fingerprint density at radius 3 is 2.63 bits per heavy atom. The molecule has 3 unspecified atom stereocenters. The SMILES string of the molecule is O=NC(C(=O)NC1C(=O)N2C(C(=O)O)=C(C(CC(=O)O)Sc3nn[nH]n3)CS[C@@H]12)c1ccccc1. The molecule has 0 spiro atoms. The van der Waals surface area contributed by atoms with Gasteiger partial charge in [-0.25, -0.2) is 4.79 Å². The Bertz CT molecular complexity index is 1190. The number of tetrazole rings is 1. The zero-order chi connectivity index (χ0) is 25.1. The molecule has 1 aromatic carbocycles. The predicted molar refractivity (Wildman–Crippen MR) is 121 cm³/mol. The van der Waals surface area contributed by atoms with Gasteiger partial charge in [0, 0.05) is 11.0 Å². The molecular weight excluding hydrogens is 502 g/mol. The Morgan fingerprint density at radius 2 is 2.03 bits per heavy atom. The third kappa shape index (κ3) is 4.88. The lowest BCUT2D eigenvalue weighted by atomic mass is 9.99. The van der Waals surface area contributed by atoms with E-state index in [1.807, 2.05) is 0 Å². The van der Waals surface area contributed by atoms with Crippen LogP contribution in [0.3, 0.4) is 0 Å². The summed E-state index contributed by atoms with van der Waals surface area (Å²) in [4.78, 5) is 61.5. The molecular formula is C19H17N7O7S2. The van der Waals surface area contributed by atoms with Crippen molar-refractivity contribution in [2.45, 2.75) is 34.3 Å². The monoisotopic (exact) mass is 519 g/mol. The number of aromatic amines is 1. The quantitative estimate of drug-likeness (QED) is 0.191. The van der Waals surface area contributed by atoms with Crippen molar-refractivity contribution in [2.24, 2.45) is 5.18 Å². The van der Waals surface area contributed by atoms with Crippen LogP contribution in [0, 0.1) is 4.91 Å². The van der Waals surface area contributed by atoms with Crippen molar-refractivity contribution in [1.29, 1.82) is 0 Å². The fourth-order valence-corrected chi connectivity index (χ4v) is 6.27. The second-order valence-electron chi connectivity index (χ2n) is 7.39. The first kappa shape index (κ1) is 24.3. The highest BCUT2D eigenvalue weighted by Crippen LogP contribution is 2.44. The maximum absolute atomic E-state index is 12.9. The van der Waals surface area contributed by atoms with Crippen LogP contribution in [0.1, 0.15) is 18.0 Å². The van der Waals surface area contributed by atoms with Crippen LogP contribution in [-0.4, -0.2) is 81.9 Å². The number of rotatable bonds is 10. The molecule has 35 heavy (non-hydrogen) atoms. The summed E-state index contributed by atoms with van der Waals surface area (Å²) in [5.41, 5.74) is 0.216. The minimum Gasteiger partial charge on any atom is -0.481 e. The van der Waals surface area contributed by atoms with Crippen LogP contribution in [-0.2, 0) is 19.2 Å². The van der Waals surface area contributed by atoms with Crippen molar-refractivity contribution in [3.8, 4) is 0 Å². The first-order chi connectivity index (χ1) is 16.8. The Hall–Kier alpha value is -3.79. The van der Waals surface area contributed by atoms with Crippen LogP contribution in [0.4, 0.5) is 0 Å². The summed E-state index contributed by atoms with van der Waals surface area (Å²) in [6.45, 7) is 0. The molecule has 2 aliphatic heterocycles. The van der Waals surface area contributed by atoms with Gasteiger partial charge in [-0.2, -0.15) is 5.21 Å². The van der Waals surface area contributed by atoms with Gasteiger partial charge in [-0.05, 0) is 16.3 Å². The number of carboxylic acid groups (broad SMARTS) is 2. The highest BCUT2D eigenvalue weighted by atomic mass is 32.2. The third-order valence-corrected chi connectivity index (χ3v) is 7.71. The molecule has 0 bridgehead atoms. The number of thioether (sulfide) groups is 2. The Kier molecular flexibility index (Phi) is 7.11. The second kappa shape index (κ2) is 10.2. The molecule has 182 valence electrons. The van der Waals surface area contributed by atoms with E-state index in [4.69, 9.17) is 0 Å². The number of amides is 2. The number of β-lactam (4-membered cyclic amide) rings is 1. The summed E-state index contributed by atoms with van der Waals surface area (Å²) in [7, 11) is 0. The summed E-state index contributed by atoms with van der Waals surface area (Å²) in [6.07, 6.45) is -0.442. The van der Waals surface area contributed by atoms with Crippen LogP contribution < -0.4 is 5.32 Å². The number of nitrogens with zero attached hydrogens (tertiary/aromatic N) is 5. The van der Waals surface area contributed by atoms with Crippen molar-refractivity contribution >= 4 is 47.3 Å². The number of carbonyl (C=O) groups is 4. The van der Waals surface area contributed by atoms with Crippen LogP contribution in [0.5, 0.6) is 0 Å². The first-order valence-electron chi connectivity index (χ1n) is 10.0. The number of fused-ring (bicyclic) bond motifs is 1. The number of hydrogen-bond acceptors (Lipinski definition) is 11. The predicted octanol–water partition coefficient (Wildman–Crippen LogP) is 0.381. The van der Waals surface area contributed by atoms with Crippen LogP contribution >= 0.6 is 23.5 Å². The Labute approximate surface area is 204 Å². The summed E-state index contributed by atoms with van der Waals surface area (Å²) in [5.74, 6) is -3.98. The topological polar surface area (TPSA) is 208 Å². The number of benzene rings is 1. The summed E-state index contributed by atoms with van der Waals surface area (Å²) >= 11 is 2.08. The fourth-order valence-electron chi connectivity index (χ4n) is 3.74. The summed E-state index contributed by atoms with van der Waals surface area (Å²) in [5, 5.41) is 36.3. The molecule has 0 aliphatic carbocycles. The lowest BCUT2D eigenvalue weighted by Crippen LogP contribution is -2.71. The molecule has 2 amide bonds. The number of carbonyl (C=O) groups excluding carboxylic acids is 2. The van der Waals surface area contributed by atoms with E-state index in [1.54, 1.807) is 30.3 Å². The van der Waals surface area contributed by atoms with E-state index >= 15 is 0 Å². The Balaban J connectivity index is 1.56. The summed E-state index contributed by atoms with van der Waals surface area (Å²) < 4.78 is 0. The Morgan fingerprint density at radius 1 is 1.29 bits per heavy atom. The van der Waals surface area contributed by atoms with Gasteiger partial charge in [0.2, 0.25) is 5.16 Å². The highest BCUT2D eigenvalue weighted by molar-refractivity contribution is 8.01. The van der Waals surface area contributed by atoms with Crippen LogP contribution in [0.2, 0.25) is 0 Å². The van der Waals surface area contributed by atoms with Crippen molar-refractivity contribution in [3.05, 3.63) is 52.1 Å². The van der Waals surface area contributed by atoms with Gasteiger partial charge in [0.15, 0.2) is 6.04 Å². The van der Waals surface area contributed by atoms with Gasteiger partial charge in [-0.1, -0.05) is 47.3 Å². The van der Waals surface area contributed by atoms with E-state index in [0.717, 1.165) is 16.7 Å². The molecule has 0 radical (unpaired) electrons. The minimum atomic E-state index is -1.41. The molecule has 0 saturated carbocycles. The average molecular weight is 520 g/mol. The van der Waals surface area contributed by atoms with Gasteiger partial charge in [-0.15, -0.1) is 26.9 Å². The number of nitroso groups, excluding NO2 is 1. The minimum absolute atomic E-state index is 0.0826. The third-order valence-electron chi connectivity index (χ3n) is 5.29. The van der Waals surface area contributed by atoms with E-state index in [1.165, 1.54) is 11.8 Å². The van der Waals surface area contributed by atoms with Crippen molar-refractivity contribution in [2.75, 3.05) is 5.75 Å². The van der Waals surface area contributed by atoms with Crippen LogP contribution in [0.15, 0.2) is 51.9 Å². The van der Waals surface area contributed by atoms with Gasteiger partial charge in [0.1, 0.15) is 17.1 Å². The van der Waals surface area contributed by atoms with E-state index < -0.39 is 52.9 Å². The number of carboxylic acids is 2. The van der Waals surface area contributed by atoms with Gasteiger partial charge < -0.3 is 15.5 Å². The second-order valence-corrected chi connectivity index (χ2v) is 9.67. The van der Waals surface area contributed by atoms with Crippen molar-refractivity contribution in [1.82, 2.24) is 30.8 Å². The lowest BCUT2D eigenvalue weighted by molar-refractivity contribution is -0.150. The summed E-state index contributed by atoms with van der Waals surface area (Å²) in [6, 6.07) is 5.65. The molecule has 4 N–H and O–H groups in total. The van der Waals surface area contributed by atoms with E-state index in [9.17, 15) is 34.3 Å². The number of aromatic nitrogens is 4. The van der Waals surface area contributed by atoms with Gasteiger partial charge in [0.05, 0.1) is 6.42 Å². The molecule has 3 heterocycles. The molecule has 16 heteroatoms. The molecule has 1 aromatic heterocycles. The molecule has 14 nitrogen and oxygen atoms in total. The van der Waals surface area contributed by atoms with E-state index in [2.05, 4.69) is 31.1 Å². The lowest BCUT2D eigenvalue weighted by Gasteiger charge is -2.50. The smallest absolute Gasteiger partial charge is 0.352 e. The number of nitrogens with one attached hydrogen (secondary N) is 2. The van der Waals surface area contributed by atoms with Gasteiger partial charge >= 0.3 is 11.9 Å². The molecule has 4 rings (SSSR count). The largest absolute Gasteiger partial charge is 0.481 e. The standard InChI is InChI=1S/C19H17N7O7S2/c27-11(28)6-10(35-19-21-24-25-22-19)9-7-34-17-13(16(30)26(17)14(9)18(31)32)20-15(29)12(23-33)8-4-2-1-3-5-8/h1-5,10,12-13,17H,6-7H2,(H,20,29)(H,27,28)(H,31,32)(H,21,22,24,25)/t10?,12?,13?,17-/m0/s1. The zero-order valence-electron chi connectivity index (χ0n) is 17.6. The molecule has 2 aliphatic rings. The zero-order valence-corrected chi connectivity index (χ0v) is 19.2. The fraction of sp³-hybridized carbons (Fsp3) is 0.316. The van der Waals surface area contributed by atoms with Crippen molar-refractivity contribution < 1.29 is 29.4 Å². The highest BCUT2D eigenvalue weighted by Gasteiger charge is 2.55. The van der Waals surface area contributed by atoms with Gasteiger partial charge in [-0.3, -0.25) is 19.3 Å². The van der Waals surface area contributed by atoms with E-state index in [-0.39, 0.29) is 22.2 Å². The maximum Gasteiger partial charge on any atom is 0.352 e. The molecule has 1 saturated heterocycles. The number of aliphatic carboxylic acids is 2. The molecule has 2 aromatic rings. The molecule has 4 atom stereocenters. The average Bonchev–Trinajstić information content (AvgIpc) is 3.35. The number of H-pyrrole nitrogens is 1. The van der Waals surface area contributed by atoms with Crippen molar-refractivity contribution in [3.63, 3.8) is 0 Å². The van der Waals surface area contributed by atoms with Crippen LogP contribution in [0.25, 0.3) is 0 Å². The first-order valence-corrected chi connectivity index (χ1v) is 11.9. The van der Waals surface area contributed by atoms with Gasteiger partial charge in [0.25, 0.3) is 11.8 Å². The maximum atomic E-state index is 12.9.